The smallest absolute Gasteiger partial charge is 0.475 e. The van der Waals surface area contributed by atoms with Gasteiger partial charge >= 0.3 is 30.4 Å². The largest absolute Gasteiger partial charge is 0.490 e. The maximum absolute atomic E-state index is 11.0. The fourth-order valence-corrected chi connectivity index (χ4v) is 3.14. The van der Waals surface area contributed by atoms with Gasteiger partial charge in [-0.15, -0.1) is 0 Å². The van der Waals surface area contributed by atoms with Gasteiger partial charge in [-0.25, -0.2) is 24.4 Å². The van der Waals surface area contributed by atoms with Gasteiger partial charge in [-0.05, 0) is 0 Å². The van der Waals surface area contributed by atoms with E-state index in [-0.39, 0.29) is 31.5 Å². The number of hydrogen-bond acceptors (Lipinski definition) is 12. The summed E-state index contributed by atoms with van der Waals surface area (Å²) in [7, 11) is 0. The Morgan fingerprint density at radius 3 is 1.91 bits per heavy atom. The molecule has 3 heterocycles. The van der Waals surface area contributed by atoms with Crippen molar-refractivity contribution < 1.29 is 65.9 Å². The van der Waals surface area contributed by atoms with Crippen molar-refractivity contribution in [3.8, 4) is 0 Å². The van der Waals surface area contributed by atoms with E-state index in [0.717, 1.165) is 0 Å². The van der Waals surface area contributed by atoms with E-state index in [9.17, 15) is 41.4 Å². The zero-order chi connectivity index (χ0) is 27.6. The van der Waals surface area contributed by atoms with Gasteiger partial charge in [0.15, 0.2) is 17.6 Å². The Hall–Kier alpha value is -3.75. The summed E-state index contributed by atoms with van der Waals surface area (Å²) in [6, 6.07) is -1.75. The number of rotatable bonds is 2. The molecular weight excluding hydrogens is 508 g/mol. The number of amides is 1. The van der Waals surface area contributed by atoms with E-state index in [1.54, 1.807) is 0 Å². The molecule has 0 aromatic carbocycles. The molecule has 0 saturated carbocycles. The fraction of sp³-hybridized carbons (Fsp3) is 0.643. The molecule has 1 saturated heterocycles. The van der Waals surface area contributed by atoms with Gasteiger partial charge in [0.25, 0.3) is 0 Å². The number of carbonyl (C=O) groups is 3. The molecule has 21 heteroatoms. The molecule has 1 fully saturated rings. The first-order chi connectivity index (χ1) is 15.7. The molecule has 15 nitrogen and oxygen atoms in total. The summed E-state index contributed by atoms with van der Waals surface area (Å²) in [4.78, 5) is 38.2. The van der Waals surface area contributed by atoms with Crippen molar-refractivity contribution in [1.82, 2.24) is 10.2 Å². The minimum absolute atomic E-state index is 0.0280. The first-order valence-electron chi connectivity index (χ1n) is 8.86. The number of nitrogens with one attached hydrogen (secondary N) is 1. The Morgan fingerprint density at radius 2 is 1.51 bits per heavy atom. The number of aliphatic hydroxyl groups is 2. The number of hydrogen-bond donors (Lipinski definition) is 8. The predicted octanol–water partition coefficient (Wildman–Crippen LogP) is -2.59. The normalized spacial score (nSPS) is 29.0. The summed E-state index contributed by atoms with van der Waals surface area (Å²) >= 11 is 0. The van der Waals surface area contributed by atoms with Crippen molar-refractivity contribution in [1.29, 1.82) is 0 Å². The number of nitrogens with two attached hydrogens (primary N) is 3. The van der Waals surface area contributed by atoms with E-state index in [0.29, 0.717) is 0 Å². The van der Waals surface area contributed by atoms with Crippen LogP contribution < -0.4 is 22.5 Å². The molecule has 3 rings (SSSR count). The van der Waals surface area contributed by atoms with E-state index < -0.39 is 53.9 Å². The first-order valence-corrected chi connectivity index (χ1v) is 8.86. The second kappa shape index (κ2) is 9.85. The summed E-state index contributed by atoms with van der Waals surface area (Å²) in [5.74, 6) is -5.52. The van der Waals surface area contributed by atoms with Gasteiger partial charge in [-0.1, -0.05) is 0 Å². The molecule has 0 aliphatic carbocycles. The number of alkyl halides is 6. The zero-order valence-electron chi connectivity index (χ0n) is 17.0. The molecule has 0 aromatic rings. The molecule has 0 spiro atoms. The van der Waals surface area contributed by atoms with Gasteiger partial charge in [0.1, 0.15) is 18.7 Å². The SMILES string of the molecule is NC(=O)OC[C@@H]1N=C(N)N2CC[C@@]3(O)NC(N)=N[C@@H]1[C@@]23O.O=C(O)C(F)(F)F.O=C(O)C(F)(F)F. The lowest BCUT2D eigenvalue weighted by Gasteiger charge is -2.52. The average molecular weight is 527 g/mol. The molecule has 3 aliphatic heterocycles. The maximum Gasteiger partial charge on any atom is 0.490 e. The van der Waals surface area contributed by atoms with Crippen LogP contribution in [0.5, 0.6) is 0 Å². The number of carbonyl (C=O) groups excluding carboxylic acids is 1. The summed E-state index contributed by atoms with van der Waals surface area (Å²) in [5, 5.41) is 38.5. The third-order valence-electron chi connectivity index (χ3n) is 4.56. The lowest BCUT2D eigenvalue weighted by Crippen LogP contribution is -2.79. The minimum Gasteiger partial charge on any atom is -0.475 e. The van der Waals surface area contributed by atoms with E-state index in [2.05, 4.69) is 15.3 Å². The van der Waals surface area contributed by atoms with E-state index >= 15 is 0 Å². The highest BCUT2D eigenvalue weighted by Crippen LogP contribution is 2.44. The highest BCUT2D eigenvalue weighted by atomic mass is 19.4. The molecule has 0 radical (unpaired) electrons. The topological polar surface area (TPSA) is 259 Å². The Morgan fingerprint density at radius 1 is 1.06 bits per heavy atom. The second-order valence-corrected chi connectivity index (χ2v) is 6.86. The standard InChI is InChI=1S/C10H17N7O4.2C2HF3O2/c11-6-15-5-4(3-21-8(13)18)14-7(12)17-2-1-9(19,16-6)10(5,17)20;2*3-2(4,5)1(6)7/h4-5,19-20H,1-3H2,(H2,12,14)(H2,13,18)(H3,11,15,16);2*(H,6,7)/t4-,5-,9-,10-;;/m0../s1. The number of aliphatic imine (C=N–C) groups is 2. The van der Waals surface area contributed by atoms with E-state index in [1.807, 2.05) is 0 Å². The van der Waals surface area contributed by atoms with Crippen LogP contribution in [0.15, 0.2) is 9.98 Å². The third kappa shape index (κ3) is 6.44. The molecule has 0 aromatic heterocycles. The molecule has 3 aliphatic rings. The quantitative estimate of drug-likeness (QED) is 0.172. The number of guanidine groups is 2. The third-order valence-corrected chi connectivity index (χ3v) is 4.56. The Labute approximate surface area is 189 Å². The van der Waals surface area contributed by atoms with Crippen LogP contribution >= 0.6 is 0 Å². The number of nitrogens with zero attached hydrogens (tertiary/aromatic N) is 3. The van der Waals surface area contributed by atoms with Gasteiger partial charge in [0, 0.05) is 13.0 Å². The molecule has 0 unspecified atom stereocenters. The fourth-order valence-electron chi connectivity index (χ4n) is 3.14. The van der Waals surface area contributed by atoms with Crippen LogP contribution in [0.3, 0.4) is 0 Å². The molecule has 11 N–H and O–H groups in total. The average Bonchev–Trinajstić information content (AvgIpc) is 2.94. The summed E-state index contributed by atoms with van der Waals surface area (Å²) in [6.45, 7) is 0.0434. The van der Waals surface area contributed by atoms with Crippen molar-refractivity contribution in [2.75, 3.05) is 13.2 Å². The zero-order valence-corrected chi connectivity index (χ0v) is 17.0. The van der Waals surface area contributed by atoms with Crippen molar-refractivity contribution in [2.24, 2.45) is 27.2 Å². The number of ether oxygens (including phenoxy) is 1. The van der Waals surface area contributed by atoms with Crippen molar-refractivity contribution in [3.63, 3.8) is 0 Å². The lowest BCUT2D eigenvalue weighted by molar-refractivity contribution is -0.209. The van der Waals surface area contributed by atoms with Crippen LogP contribution in [0.25, 0.3) is 0 Å². The summed E-state index contributed by atoms with van der Waals surface area (Å²) in [5.41, 5.74) is 12.9. The molecule has 1 amide bonds. The van der Waals surface area contributed by atoms with Crippen molar-refractivity contribution >= 4 is 30.0 Å². The summed E-state index contributed by atoms with van der Waals surface area (Å²) in [6.07, 6.45) is -11.0. The van der Waals surface area contributed by atoms with Crippen molar-refractivity contribution in [2.45, 2.75) is 42.3 Å². The van der Waals surface area contributed by atoms with E-state index in [4.69, 9.17) is 41.7 Å². The van der Waals surface area contributed by atoms with E-state index in [1.165, 1.54) is 4.90 Å². The molecule has 200 valence electrons. The van der Waals surface area contributed by atoms with Crippen LogP contribution in [0.4, 0.5) is 31.1 Å². The number of primary amides is 1. The highest BCUT2D eigenvalue weighted by Gasteiger charge is 2.68. The Bertz CT molecular complexity index is 889. The van der Waals surface area contributed by atoms with Crippen LogP contribution in [-0.4, -0.2) is 104 Å². The minimum atomic E-state index is -5.08. The lowest BCUT2D eigenvalue weighted by atomic mass is 9.85. The number of carboxylic acids is 2. The van der Waals surface area contributed by atoms with Crippen molar-refractivity contribution in [3.05, 3.63) is 0 Å². The number of halogens is 6. The van der Waals surface area contributed by atoms with Gasteiger partial charge in [-0.3, -0.25) is 0 Å². The molecule has 35 heavy (non-hydrogen) atoms. The van der Waals surface area contributed by atoms with Crippen LogP contribution in [0.1, 0.15) is 6.42 Å². The predicted molar refractivity (Wildman–Crippen MR) is 98.1 cm³/mol. The van der Waals surface area contributed by atoms with Crippen LogP contribution in [-0.2, 0) is 14.3 Å². The second-order valence-electron chi connectivity index (χ2n) is 6.86. The molecule has 0 bridgehead atoms. The van der Waals surface area contributed by atoms with Gasteiger partial charge < -0.3 is 52.6 Å². The Kier molecular flexibility index (Phi) is 8.24. The maximum atomic E-state index is 11.0. The monoisotopic (exact) mass is 527 g/mol. The first kappa shape index (κ1) is 29.3. The molecular formula is C14H19F6N7O8. The van der Waals surface area contributed by atoms with Crippen LogP contribution in [0, 0.1) is 0 Å². The Balaban J connectivity index is 0.000000362. The number of carboxylic acid groups (broad SMARTS) is 2. The van der Waals surface area contributed by atoms with Gasteiger partial charge in [0.2, 0.25) is 5.72 Å². The molecule has 4 atom stereocenters. The van der Waals surface area contributed by atoms with Gasteiger partial charge in [-0.2, -0.15) is 26.3 Å². The van der Waals surface area contributed by atoms with Gasteiger partial charge in [0.05, 0.1) is 0 Å². The van der Waals surface area contributed by atoms with Crippen LogP contribution in [0.2, 0.25) is 0 Å². The highest BCUT2D eigenvalue weighted by molar-refractivity contribution is 5.84. The summed E-state index contributed by atoms with van der Waals surface area (Å²) < 4.78 is 68.2. The number of aliphatic carboxylic acids is 2.